The van der Waals surface area contributed by atoms with Gasteiger partial charge in [-0.3, -0.25) is 0 Å². The molecule has 1 rings (SSSR count). The molecule has 0 heterocycles. The highest BCUT2D eigenvalue weighted by Crippen LogP contribution is 2.22. The summed E-state index contributed by atoms with van der Waals surface area (Å²) in [4.78, 5) is 0. The zero-order valence-electron chi connectivity index (χ0n) is 9.22. The van der Waals surface area contributed by atoms with Crippen LogP contribution < -0.4 is 0 Å². The van der Waals surface area contributed by atoms with Crippen LogP contribution in [0.5, 0.6) is 0 Å². The van der Waals surface area contributed by atoms with E-state index >= 15 is 0 Å². The smallest absolute Gasteiger partial charge is 0.126 e. The van der Waals surface area contributed by atoms with E-state index in [2.05, 4.69) is 0 Å². The van der Waals surface area contributed by atoms with Gasteiger partial charge in [0.1, 0.15) is 11.6 Å². The molecular weight excluding hydrogens is 198 g/mol. The fourth-order valence-electron chi connectivity index (χ4n) is 1.33. The summed E-state index contributed by atoms with van der Waals surface area (Å²) in [6, 6.07) is 3.33. The van der Waals surface area contributed by atoms with Gasteiger partial charge in [-0.15, -0.1) is 0 Å². The van der Waals surface area contributed by atoms with Gasteiger partial charge in [0, 0.05) is 12.5 Å². The van der Waals surface area contributed by atoms with Crippen LogP contribution >= 0.6 is 0 Å². The lowest BCUT2D eigenvalue weighted by Gasteiger charge is -2.27. The number of aliphatic hydroxyl groups is 1. The topological polar surface area (TPSA) is 20.2 Å². The van der Waals surface area contributed by atoms with Crippen molar-refractivity contribution in [3.8, 4) is 0 Å². The lowest BCUT2D eigenvalue weighted by atomic mass is 9.86. The van der Waals surface area contributed by atoms with Gasteiger partial charge in [0.15, 0.2) is 0 Å². The molecule has 0 radical (unpaired) electrons. The third-order valence-corrected chi connectivity index (χ3v) is 2.73. The first-order valence-electron chi connectivity index (χ1n) is 4.98. The van der Waals surface area contributed by atoms with Crippen molar-refractivity contribution in [3.63, 3.8) is 0 Å². The highest BCUT2D eigenvalue weighted by atomic mass is 19.1. The van der Waals surface area contributed by atoms with Gasteiger partial charge in [-0.2, -0.15) is 0 Å². The molecular formula is C12H16F2O. The summed E-state index contributed by atoms with van der Waals surface area (Å²) in [6.45, 7) is 5.41. The molecule has 3 heteroatoms. The molecule has 0 bridgehead atoms. The van der Waals surface area contributed by atoms with Crippen LogP contribution in [0.15, 0.2) is 18.2 Å². The Balaban J connectivity index is 2.89. The second-order valence-corrected chi connectivity index (χ2v) is 4.47. The first-order valence-corrected chi connectivity index (χ1v) is 4.98. The molecule has 0 aliphatic carbocycles. The molecule has 1 atom stereocenters. The summed E-state index contributed by atoms with van der Waals surface area (Å²) in [7, 11) is 0. The van der Waals surface area contributed by atoms with Gasteiger partial charge in [-0.1, -0.05) is 13.8 Å². The van der Waals surface area contributed by atoms with E-state index in [4.69, 9.17) is 0 Å². The normalized spacial score (nSPS) is 15.4. The standard InChI is InChI=1S/C12H16F2O/c1-8(2)12(3,15)7-9-4-10(13)6-11(14)5-9/h4-6,8,15H,7H2,1-3H3. The van der Waals surface area contributed by atoms with Gasteiger partial charge in [-0.05, 0) is 30.5 Å². The van der Waals surface area contributed by atoms with Crippen molar-refractivity contribution in [1.82, 2.24) is 0 Å². The number of rotatable bonds is 3. The molecule has 1 nitrogen and oxygen atoms in total. The molecule has 1 N–H and O–H groups in total. The quantitative estimate of drug-likeness (QED) is 0.820. The molecule has 0 fully saturated rings. The van der Waals surface area contributed by atoms with Crippen molar-refractivity contribution in [3.05, 3.63) is 35.4 Å². The first kappa shape index (κ1) is 12.1. The van der Waals surface area contributed by atoms with Gasteiger partial charge in [0.25, 0.3) is 0 Å². The number of hydrogen-bond acceptors (Lipinski definition) is 1. The van der Waals surface area contributed by atoms with E-state index in [9.17, 15) is 13.9 Å². The van der Waals surface area contributed by atoms with Crippen LogP contribution in [0.1, 0.15) is 26.3 Å². The summed E-state index contributed by atoms with van der Waals surface area (Å²) in [5.41, 5.74) is -0.466. The third kappa shape index (κ3) is 3.27. The van der Waals surface area contributed by atoms with E-state index in [1.54, 1.807) is 6.92 Å². The number of hydrogen-bond donors (Lipinski definition) is 1. The summed E-state index contributed by atoms with van der Waals surface area (Å²) in [6.07, 6.45) is 0.249. The summed E-state index contributed by atoms with van der Waals surface area (Å²) < 4.78 is 25.8. The zero-order valence-corrected chi connectivity index (χ0v) is 9.22. The van der Waals surface area contributed by atoms with Crippen LogP contribution in [0.4, 0.5) is 8.78 Å². The second-order valence-electron chi connectivity index (χ2n) is 4.47. The van der Waals surface area contributed by atoms with Gasteiger partial charge < -0.3 is 5.11 Å². The van der Waals surface area contributed by atoms with Crippen LogP contribution in [-0.4, -0.2) is 10.7 Å². The minimum Gasteiger partial charge on any atom is -0.390 e. The van der Waals surface area contributed by atoms with E-state index in [1.165, 1.54) is 12.1 Å². The Hall–Kier alpha value is -0.960. The molecule has 0 saturated carbocycles. The molecule has 0 amide bonds. The molecule has 84 valence electrons. The minimum atomic E-state index is -0.944. The van der Waals surface area contributed by atoms with E-state index in [0.717, 1.165) is 6.07 Å². The zero-order chi connectivity index (χ0) is 11.6. The highest BCUT2D eigenvalue weighted by molar-refractivity contribution is 5.19. The summed E-state index contributed by atoms with van der Waals surface area (Å²) in [5.74, 6) is -1.18. The Morgan fingerprint density at radius 1 is 1.20 bits per heavy atom. The molecule has 0 aliphatic heterocycles. The largest absolute Gasteiger partial charge is 0.390 e. The Kier molecular flexibility index (Phi) is 3.45. The number of halogens is 2. The van der Waals surface area contributed by atoms with Crippen LogP contribution in [0, 0.1) is 17.6 Å². The van der Waals surface area contributed by atoms with Gasteiger partial charge in [-0.25, -0.2) is 8.78 Å². The van der Waals surface area contributed by atoms with E-state index in [1.807, 2.05) is 13.8 Å². The molecule has 0 aliphatic rings. The van der Waals surface area contributed by atoms with Crippen LogP contribution in [0.3, 0.4) is 0 Å². The second kappa shape index (κ2) is 4.27. The van der Waals surface area contributed by atoms with Crippen LogP contribution in [-0.2, 0) is 6.42 Å². The summed E-state index contributed by atoms with van der Waals surface area (Å²) >= 11 is 0. The lowest BCUT2D eigenvalue weighted by molar-refractivity contribution is 0.0139. The molecule has 0 aromatic heterocycles. The molecule has 1 aromatic rings. The van der Waals surface area contributed by atoms with Crippen molar-refractivity contribution >= 4 is 0 Å². The van der Waals surface area contributed by atoms with E-state index < -0.39 is 17.2 Å². The van der Waals surface area contributed by atoms with Crippen molar-refractivity contribution < 1.29 is 13.9 Å². The Labute approximate surface area is 88.7 Å². The van der Waals surface area contributed by atoms with Crippen LogP contribution in [0.2, 0.25) is 0 Å². The average Bonchev–Trinajstić information content (AvgIpc) is 1.99. The third-order valence-electron chi connectivity index (χ3n) is 2.73. The van der Waals surface area contributed by atoms with Gasteiger partial charge in [0.05, 0.1) is 5.60 Å². The lowest BCUT2D eigenvalue weighted by Crippen LogP contribution is -2.33. The summed E-state index contributed by atoms with van der Waals surface area (Å²) in [5, 5.41) is 9.98. The Morgan fingerprint density at radius 2 is 1.67 bits per heavy atom. The van der Waals surface area contributed by atoms with Gasteiger partial charge in [0.2, 0.25) is 0 Å². The van der Waals surface area contributed by atoms with Crippen molar-refractivity contribution in [2.75, 3.05) is 0 Å². The fourth-order valence-corrected chi connectivity index (χ4v) is 1.33. The molecule has 1 aromatic carbocycles. The van der Waals surface area contributed by atoms with Gasteiger partial charge >= 0.3 is 0 Å². The highest BCUT2D eigenvalue weighted by Gasteiger charge is 2.25. The van der Waals surface area contributed by atoms with Crippen molar-refractivity contribution in [2.45, 2.75) is 32.8 Å². The maximum atomic E-state index is 12.9. The van der Waals surface area contributed by atoms with Crippen molar-refractivity contribution in [1.29, 1.82) is 0 Å². The molecule has 0 spiro atoms. The minimum absolute atomic E-state index is 0.0313. The van der Waals surface area contributed by atoms with Crippen LogP contribution in [0.25, 0.3) is 0 Å². The first-order chi connectivity index (χ1) is 6.81. The van der Waals surface area contributed by atoms with E-state index in [0.29, 0.717) is 5.56 Å². The predicted octanol–water partition coefficient (Wildman–Crippen LogP) is 2.91. The average molecular weight is 214 g/mol. The number of benzene rings is 1. The predicted molar refractivity (Wildman–Crippen MR) is 55.5 cm³/mol. The maximum absolute atomic E-state index is 12.9. The van der Waals surface area contributed by atoms with E-state index in [-0.39, 0.29) is 12.3 Å². The van der Waals surface area contributed by atoms with Crippen molar-refractivity contribution in [2.24, 2.45) is 5.92 Å². The monoisotopic (exact) mass is 214 g/mol. The molecule has 0 saturated heterocycles. The fraction of sp³-hybridized carbons (Fsp3) is 0.500. The maximum Gasteiger partial charge on any atom is 0.126 e. The Bertz CT molecular complexity index is 325. The SMILES string of the molecule is CC(C)C(C)(O)Cc1cc(F)cc(F)c1. The molecule has 1 unspecified atom stereocenters. The molecule has 15 heavy (non-hydrogen) atoms. The Morgan fingerprint density at radius 3 is 2.07 bits per heavy atom.